The summed E-state index contributed by atoms with van der Waals surface area (Å²) < 4.78 is 0. The van der Waals surface area contributed by atoms with Gasteiger partial charge in [-0.3, -0.25) is 14.4 Å². The lowest BCUT2D eigenvalue weighted by molar-refractivity contribution is -0.145. The Labute approximate surface area is 213 Å². The monoisotopic (exact) mass is 487 g/mol. The van der Waals surface area contributed by atoms with Gasteiger partial charge in [-0.1, -0.05) is 85.7 Å². The van der Waals surface area contributed by atoms with Gasteiger partial charge in [-0.15, -0.1) is 0 Å². The Balaban J connectivity index is 0.00000142. The summed E-state index contributed by atoms with van der Waals surface area (Å²) in [5.41, 5.74) is 0.734. The third-order valence-corrected chi connectivity index (χ3v) is 6.64. The van der Waals surface area contributed by atoms with Crippen LogP contribution in [0.25, 0.3) is 0 Å². The molecule has 1 saturated heterocycles. The summed E-state index contributed by atoms with van der Waals surface area (Å²) in [6.07, 6.45) is 2.69. The Kier molecular flexibility index (Phi) is 12.5. The molecule has 2 atom stereocenters. The molecule has 35 heavy (non-hydrogen) atoms. The predicted octanol–water partition coefficient (Wildman–Crippen LogP) is 4.87. The van der Waals surface area contributed by atoms with Crippen molar-refractivity contribution < 1.29 is 14.4 Å². The van der Waals surface area contributed by atoms with Crippen LogP contribution in [0.4, 0.5) is 0 Å². The maximum Gasteiger partial charge on any atom is 0.245 e. The van der Waals surface area contributed by atoms with Crippen molar-refractivity contribution in [2.75, 3.05) is 26.7 Å². The van der Waals surface area contributed by atoms with Gasteiger partial charge in [-0.25, -0.2) is 0 Å². The predicted molar refractivity (Wildman–Crippen MR) is 144 cm³/mol. The van der Waals surface area contributed by atoms with Gasteiger partial charge >= 0.3 is 0 Å². The Morgan fingerprint density at radius 3 is 1.97 bits per heavy atom. The van der Waals surface area contributed by atoms with Crippen LogP contribution in [0.15, 0.2) is 30.3 Å². The second-order valence-electron chi connectivity index (χ2n) is 11.2. The van der Waals surface area contributed by atoms with Gasteiger partial charge in [0.25, 0.3) is 0 Å². The summed E-state index contributed by atoms with van der Waals surface area (Å²) in [6, 6.07) is 9.47. The van der Waals surface area contributed by atoms with E-state index >= 15 is 0 Å². The molecule has 3 amide bonds. The number of amides is 3. The molecular weight excluding hydrogens is 438 g/mol. The van der Waals surface area contributed by atoms with E-state index in [1.165, 1.54) is 4.90 Å². The summed E-state index contributed by atoms with van der Waals surface area (Å²) in [4.78, 5) is 42.2. The molecule has 198 valence electrons. The van der Waals surface area contributed by atoms with Crippen LogP contribution in [0, 0.1) is 17.8 Å². The molecule has 1 heterocycles. The lowest BCUT2D eigenvalue weighted by atomic mass is 9.71. The number of likely N-dealkylation sites (N-methyl/N-ethyl adjacent to an activating group) is 1. The zero-order valence-corrected chi connectivity index (χ0v) is 23.6. The van der Waals surface area contributed by atoms with Gasteiger partial charge in [-0.05, 0) is 36.7 Å². The highest BCUT2D eigenvalue weighted by molar-refractivity contribution is 5.91. The average Bonchev–Trinajstić information content (AvgIpc) is 3.33. The lowest BCUT2D eigenvalue weighted by Gasteiger charge is -2.35. The van der Waals surface area contributed by atoms with Crippen LogP contribution < -0.4 is 5.32 Å². The molecule has 0 saturated carbocycles. The number of rotatable bonds is 9. The summed E-state index contributed by atoms with van der Waals surface area (Å²) in [5, 5.41) is 2.84. The third-order valence-electron chi connectivity index (χ3n) is 6.64. The van der Waals surface area contributed by atoms with Crippen molar-refractivity contribution in [3.8, 4) is 0 Å². The number of likely N-dealkylation sites (tertiary alicyclic amines) is 1. The number of benzene rings is 1. The molecule has 1 fully saturated rings. The van der Waals surface area contributed by atoms with E-state index in [9.17, 15) is 14.4 Å². The highest BCUT2D eigenvalue weighted by Gasteiger charge is 2.37. The third kappa shape index (κ3) is 8.97. The van der Waals surface area contributed by atoms with E-state index in [4.69, 9.17) is 0 Å². The molecule has 0 aromatic heterocycles. The fraction of sp³-hybridized carbons (Fsp3) is 0.690. The van der Waals surface area contributed by atoms with Crippen molar-refractivity contribution in [2.24, 2.45) is 17.8 Å². The van der Waals surface area contributed by atoms with Gasteiger partial charge in [0.05, 0.1) is 6.54 Å². The van der Waals surface area contributed by atoms with Crippen molar-refractivity contribution >= 4 is 17.7 Å². The van der Waals surface area contributed by atoms with E-state index < -0.39 is 6.04 Å². The lowest BCUT2D eigenvalue weighted by Crippen LogP contribution is -2.53. The first-order valence-electron chi connectivity index (χ1n) is 13.2. The first-order valence-corrected chi connectivity index (χ1v) is 13.2. The van der Waals surface area contributed by atoms with Gasteiger partial charge in [0.15, 0.2) is 0 Å². The molecule has 1 N–H and O–H groups in total. The molecule has 1 aromatic carbocycles. The van der Waals surface area contributed by atoms with Crippen LogP contribution in [0.3, 0.4) is 0 Å². The number of nitrogens with zero attached hydrogens (tertiary/aromatic N) is 2. The summed E-state index contributed by atoms with van der Waals surface area (Å²) in [5.74, 6) is 0.196. The van der Waals surface area contributed by atoms with E-state index in [2.05, 4.69) is 39.9 Å². The maximum absolute atomic E-state index is 13.0. The number of carbonyl (C=O) groups excluding carboxylic acids is 3. The zero-order chi connectivity index (χ0) is 26.8. The first-order chi connectivity index (χ1) is 16.3. The molecule has 0 bridgehead atoms. The van der Waals surface area contributed by atoms with E-state index in [0.717, 1.165) is 37.4 Å². The Hall–Kier alpha value is -2.37. The first kappa shape index (κ1) is 30.7. The number of hydrogen-bond acceptors (Lipinski definition) is 3. The molecule has 0 radical (unpaired) electrons. The largest absolute Gasteiger partial charge is 0.347 e. The summed E-state index contributed by atoms with van der Waals surface area (Å²) >= 11 is 0. The van der Waals surface area contributed by atoms with Gasteiger partial charge < -0.3 is 15.1 Å². The molecule has 1 unspecified atom stereocenters. The fourth-order valence-corrected chi connectivity index (χ4v) is 4.68. The maximum atomic E-state index is 13.0. The van der Waals surface area contributed by atoms with Crippen molar-refractivity contribution in [3.63, 3.8) is 0 Å². The molecule has 1 aliphatic heterocycles. The highest BCUT2D eigenvalue weighted by atomic mass is 16.2. The van der Waals surface area contributed by atoms with Gasteiger partial charge in [-0.2, -0.15) is 0 Å². The van der Waals surface area contributed by atoms with Crippen LogP contribution in [0.5, 0.6) is 0 Å². The summed E-state index contributed by atoms with van der Waals surface area (Å²) in [6.45, 7) is 17.9. The standard InChI is InChI=1S/C25H39N3O3.C4H10/c1-7-20(25(4,5)19-13-9-8-10-14-19)23(30)26-17-21(29)27(6)22(18(2)3)24(31)28-15-11-12-16-28;1-4(2)3/h8-10,13-14,18,20,22H,7,11-12,15-17H2,1-6H3,(H,26,30);4H,1-3H3/t20-,22?;/m1./s1. The number of carbonyl (C=O) groups is 3. The van der Waals surface area contributed by atoms with Gasteiger partial charge in [0, 0.05) is 31.5 Å². The van der Waals surface area contributed by atoms with Crippen LogP contribution in [0.2, 0.25) is 0 Å². The fourth-order valence-electron chi connectivity index (χ4n) is 4.68. The van der Waals surface area contributed by atoms with Crippen LogP contribution >= 0.6 is 0 Å². The molecule has 0 aliphatic carbocycles. The second kappa shape index (κ2) is 14.3. The Bertz CT molecular complexity index is 796. The molecule has 0 spiro atoms. The normalized spacial score (nSPS) is 15.3. The molecule has 2 rings (SSSR count). The van der Waals surface area contributed by atoms with Gasteiger partial charge in [0.1, 0.15) is 6.04 Å². The van der Waals surface area contributed by atoms with Crippen LogP contribution in [-0.2, 0) is 19.8 Å². The van der Waals surface area contributed by atoms with E-state index in [1.54, 1.807) is 7.05 Å². The van der Waals surface area contributed by atoms with Crippen molar-refractivity contribution in [2.45, 2.75) is 86.1 Å². The topological polar surface area (TPSA) is 69.7 Å². The van der Waals surface area contributed by atoms with E-state index in [-0.39, 0.29) is 41.5 Å². The van der Waals surface area contributed by atoms with Gasteiger partial charge in [0.2, 0.25) is 17.7 Å². The minimum absolute atomic E-state index is 0.00171. The van der Waals surface area contributed by atoms with Crippen LogP contribution in [0.1, 0.15) is 80.2 Å². The second-order valence-corrected chi connectivity index (χ2v) is 11.2. The van der Waals surface area contributed by atoms with E-state index in [0.29, 0.717) is 6.42 Å². The molecule has 6 heteroatoms. The smallest absolute Gasteiger partial charge is 0.245 e. The molecule has 1 aromatic rings. The quantitative estimate of drug-likeness (QED) is 0.540. The van der Waals surface area contributed by atoms with Crippen molar-refractivity contribution in [3.05, 3.63) is 35.9 Å². The minimum atomic E-state index is -0.509. The summed E-state index contributed by atoms with van der Waals surface area (Å²) in [7, 11) is 1.67. The molecule has 6 nitrogen and oxygen atoms in total. The minimum Gasteiger partial charge on any atom is -0.347 e. The van der Waals surface area contributed by atoms with Crippen molar-refractivity contribution in [1.82, 2.24) is 15.1 Å². The zero-order valence-electron chi connectivity index (χ0n) is 23.6. The van der Waals surface area contributed by atoms with Crippen LogP contribution in [-0.4, -0.2) is 60.2 Å². The number of hydrogen-bond donors (Lipinski definition) is 1. The Morgan fingerprint density at radius 1 is 1.00 bits per heavy atom. The van der Waals surface area contributed by atoms with Crippen molar-refractivity contribution in [1.29, 1.82) is 0 Å². The SMILES string of the molecule is CC(C)C.CC[C@H](C(=O)NCC(=O)N(C)C(C(=O)N1CCCC1)C(C)C)C(C)(C)c1ccccc1. The Morgan fingerprint density at radius 2 is 1.51 bits per heavy atom. The molecule has 1 aliphatic rings. The highest BCUT2D eigenvalue weighted by Crippen LogP contribution is 2.33. The van der Waals surface area contributed by atoms with E-state index in [1.807, 2.05) is 56.0 Å². The number of nitrogens with one attached hydrogen (secondary N) is 1. The molecular formula is C29H49N3O3. The average molecular weight is 488 g/mol.